The second kappa shape index (κ2) is 9.98. The first-order valence-electron chi connectivity index (χ1n) is 9.55. The molecular weight excluding hydrogens is 398 g/mol. The number of carbonyl (C=O) groups is 2. The predicted molar refractivity (Wildman–Crippen MR) is 118 cm³/mol. The lowest BCUT2D eigenvalue weighted by Gasteiger charge is -2.10. The lowest BCUT2D eigenvalue weighted by Crippen LogP contribution is -2.40. The highest BCUT2D eigenvalue weighted by Gasteiger charge is 2.15. The molecule has 3 rings (SSSR count). The Kier molecular flexibility index (Phi) is 7.13. The number of hydrogen-bond acceptors (Lipinski definition) is 6. The molecule has 1 aromatic heterocycles. The van der Waals surface area contributed by atoms with Crippen LogP contribution in [0.5, 0.6) is 0 Å². The summed E-state index contributed by atoms with van der Waals surface area (Å²) in [6, 6.07) is 15.5. The third-order valence-electron chi connectivity index (χ3n) is 4.24. The molecule has 0 saturated heterocycles. The molecule has 0 bridgehead atoms. The van der Waals surface area contributed by atoms with Gasteiger partial charge in [-0.25, -0.2) is 9.78 Å². The van der Waals surface area contributed by atoms with Crippen molar-refractivity contribution in [3.8, 4) is 22.5 Å². The number of thioether (sulfide) groups is 1. The van der Waals surface area contributed by atoms with Crippen molar-refractivity contribution in [1.29, 1.82) is 0 Å². The fraction of sp³-hybridized carbons (Fsp3) is 0.227. The number of carbonyl (C=O) groups excluding carboxylic acids is 2. The number of urea groups is 1. The molecule has 0 unspecified atom stereocenters. The average Bonchev–Trinajstić information content (AvgIpc) is 2.73. The summed E-state index contributed by atoms with van der Waals surface area (Å²) in [6.45, 7) is 6.28. The van der Waals surface area contributed by atoms with Gasteiger partial charge in [0.05, 0.1) is 5.75 Å². The van der Waals surface area contributed by atoms with E-state index in [-0.39, 0.29) is 5.75 Å². The number of rotatable bonds is 6. The van der Waals surface area contributed by atoms with E-state index in [1.807, 2.05) is 62.4 Å². The minimum atomic E-state index is -0.516. The van der Waals surface area contributed by atoms with Crippen molar-refractivity contribution in [2.45, 2.75) is 25.9 Å². The molecule has 0 spiro atoms. The molecule has 0 aliphatic rings. The lowest BCUT2D eigenvalue weighted by molar-refractivity contribution is -0.117. The largest absolute Gasteiger partial charge is 0.338 e. The van der Waals surface area contributed by atoms with E-state index in [2.05, 4.69) is 25.8 Å². The second-order valence-corrected chi connectivity index (χ2v) is 7.66. The Hall–Kier alpha value is -3.26. The third kappa shape index (κ3) is 5.64. The number of nitrogens with one attached hydrogen (secondary N) is 2. The zero-order chi connectivity index (χ0) is 21.5. The van der Waals surface area contributed by atoms with E-state index < -0.39 is 11.9 Å². The van der Waals surface area contributed by atoms with Crippen molar-refractivity contribution in [3.05, 3.63) is 59.7 Å². The van der Waals surface area contributed by atoms with Gasteiger partial charge in [-0.1, -0.05) is 71.4 Å². The lowest BCUT2D eigenvalue weighted by atomic mass is 10.0. The molecule has 0 aliphatic heterocycles. The van der Waals surface area contributed by atoms with E-state index in [1.165, 1.54) is 0 Å². The van der Waals surface area contributed by atoms with Crippen molar-refractivity contribution in [2.24, 2.45) is 0 Å². The summed E-state index contributed by atoms with van der Waals surface area (Å²) in [5.74, 6) is -0.412. The third-order valence-corrected chi connectivity index (χ3v) is 5.08. The summed E-state index contributed by atoms with van der Waals surface area (Å²) < 4.78 is 0. The number of hydrogen-bond donors (Lipinski definition) is 2. The number of amides is 3. The first-order valence-corrected chi connectivity index (χ1v) is 10.5. The SMILES string of the molecule is CCNC(=O)NC(=O)CSc1nnc(-c2ccc(C)cc2)c(-c2ccc(C)cc2)n1. The first-order chi connectivity index (χ1) is 14.5. The number of nitrogens with zero attached hydrogens (tertiary/aromatic N) is 3. The van der Waals surface area contributed by atoms with Crippen LogP contribution >= 0.6 is 11.8 Å². The minimum absolute atomic E-state index is 0.00995. The molecule has 0 fully saturated rings. The van der Waals surface area contributed by atoms with Crippen LogP contribution in [0, 0.1) is 13.8 Å². The van der Waals surface area contributed by atoms with Gasteiger partial charge in [-0.05, 0) is 20.8 Å². The van der Waals surface area contributed by atoms with Crippen molar-refractivity contribution in [1.82, 2.24) is 25.8 Å². The van der Waals surface area contributed by atoms with E-state index in [0.29, 0.717) is 23.1 Å². The van der Waals surface area contributed by atoms with Crippen LogP contribution in [0.2, 0.25) is 0 Å². The van der Waals surface area contributed by atoms with Crippen LogP contribution in [0.4, 0.5) is 4.79 Å². The van der Waals surface area contributed by atoms with Gasteiger partial charge in [0, 0.05) is 17.7 Å². The first kappa shape index (κ1) is 21.4. The highest BCUT2D eigenvalue weighted by molar-refractivity contribution is 7.99. The standard InChI is InChI=1S/C22H23N5O2S/c1-4-23-21(29)24-18(28)13-30-22-25-19(16-9-5-14(2)6-10-16)20(26-27-22)17-11-7-15(3)8-12-17/h5-12H,4,13H2,1-3H3,(H2,23,24,28,29). The molecule has 8 heteroatoms. The second-order valence-electron chi connectivity index (χ2n) is 6.72. The molecule has 1 heterocycles. The molecule has 154 valence electrons. The molecule has 0 radical (unpaired) electrons. The Labute approximate surface area is 179 Å². The molecule has 0 aliphatic carbocycles. The predicted octanol–water partition coefficient (Wildman–Crippen LogP) is 3.76. The van der Waals surface area contributed by atoms with E-state index in [1.54, 1.807) is 6.92 Å². The molecule has 0 atom stereocenters. The van der Waals surface area contributed by atoms with Gasteiger partial charge in [0.15, 0.2) is 0 Å². The van der Waals surface area contributed by atoms with Crippen LogP contribution in [0.15, 0.2) is 53.7 Å². The number of aromatic nitrogens is 3. The summed E-state index contributed by atoms with van der Waals surface area (Å²) >= 11 is 1.13. The van der Waals surface area contributed by atoms with Gasteiger partial charge in [0.25, 0.3) is 0 Å². The van der Waals surface area contributed by atoms with Crippen LogP contribution in [-0.2, 0) is 4.79 Å². The summed E-state index contributed by atoms with van der Waals surface area (Å²) in [6.07, 6.45) is 0. The topological polar surface area (TPSA) is 96.9 Å². The maximum Gasteiger partial charge on any atom is 0.321 e. The Morgan fingerprint density at radius 2 is 1.43 bits per heavy atom. The minimum Gasteiger partial charge on any atom is -0.338 e. The molecule has 7 nitrogen and oxygen atoms in total. The normalized spacial score (nSPS) is 10.5. The zero-order valence-electron chi connectivity index (χ0n) is 17.1. The highest BCUT2D eigenvalue weighted by Crippen LogP contribution is 2.30. The molecule has 30 heavy (non-hydrogen) atoms. The summed E-state index contributed by atoms with van der Waals surface area (Å²) in [5.41, 5.74) is 5.51. The fourth-order valence-corrected chi connectivity index (χ4v) is 3.28. The van der Waals surface area contributed by atoms with E-state index in [0.717, 1.165) is 34.0 Å². The monoisotopic (exact) mass is 421 g/mol. The molecular formula is C22H23N5O2S. The van der Waals surface area contributed by atoms with Gasteiger partial charge in [0.2, 0.25) is 11.1 Å². The van der Waals surface area contributed by atoms with Gasteiger partial charge in [-0.15, -0.1) is 10.2 Å². The Morgan fingerprint density at radius 1 is 0.867 bits per heavy atom. The smallest absolute Gasteiger partial charge is 0.321 e. The van der Waals surface area contributed by atoms with E-state index >= 15 is 0 Å². The quantitative estimate of drug-likeness (QED) is 0.588. The van der Waals surface area contributed by atoms with E-state index in [9.17, 15) is 9.59 Å². The van der Waals surface area contributed by atoms with Crippen molar-refractivity contribution < 1.29 is 9.59 Å². The number of aryl methyl sites for hydroxylation is 2. The molecule has 2 aromatic carbocycles. The fourth-order valence-electron chi connectivity index (χ4n) is 2.69. The Balaban J connectivity index is 1.87. The Bertz CT molecular complexity index is 1040. The molecule has 2 N–H and O–H groups in total. The molecule has 0 saturated carbocycles. The van der Waals surface area contributed by atoms with Crippen LogP contribution in [0.25, 0.3) is 22.5 Å². The maximum atomic E-state index is 11.9. The number of imide groups is 1. The zero-order valence-corrected chi connectivity index (χ0v) is 17.9. The van der Waals surface area contributed by atoms with Gasteiger partial charge >= 0.3 is 6.03 Å². The van der Waals surface area contributed by atoms with Crippen molar-refractivity contribution >= 4 is 23.7 Å². The summed E-state index contributed by atoms with van der Waals surface area (Å²) in [7, 11) is 0. The summed E-state index contributed by atoms with van der Waals surface area (Å²) in [5, 5.41) is 13.7. The average molecular weight is 422 g/mol. The van der Waals surface area contributed by atoms with Crippen molar-refractivity contribution in [2.75, 3.05) is 12.3 Å². The maximum absolute atomic E-state index is 11.9. The highest BCUT2D eigenvalue weighted by atomic mass is 32.2. The molecule has 3 aromatic rings. The summed E-state index contributed by atoms with van der Waals surface area (Å²) in [4.78, 5) is 28.1. The van der Waals surface area contributed by atoms with Gasteiger partial charge in [0.1, 0.15) is 11.4 Å². The van der Waals surface area contributed by atoms with Crippen LogP contribution in [0.3, 0.4) is 0 Å². The van der Waals surface area contributed by atoms with Gasteiger partial charge < -0.3 is 5.32 Å². The van der Waals surface area contributed by atoms with Crippen LogP contribution in [0.1, 0.15) is 18.1 Å². The van der Waals surface area contributed by atoms with Crippen LogP contribution < -0.4 is 10.6 Å². The van der Waals surface area contributed by atoms with Gasteiger partial charge in [-0.3, -0.25) is 10.1 Å². The molecule has 3 amide bonds. The van der Waals surface area contributed by atoms with E-state index in [4.69, 9.17) is 0 Å². The Morgan fingerprint density at radius 3 is 2.00 bits per heavy atom. The van der Waals surface area contributed by atoms with Crippen LogP contribution in [-0.4, -0.2) is 39.4 Å². The van der Waals surface area contributed by atoms with Crippen molar-refractivity contribution in [3.63, 3.8) is 0 Å². The number of benzene rings is 2. The van der Waals surface area contributed by atoms with Gasteiger partial charge in [-0.2, -0.15) is 0 Å².